The molecule has 0 fully saturated rings. The van der Waals surface area contributed by atoms with Crippen LogP contribution in [0.3, 0.4) is 0 Å². The number of carbonyl (C=O) groups is 1. The Bertz CT molecular complexity index is 1420. The predicted molar refractivity (Wildman–Crippen MR) is 136 cm³/mol. The van der Waals surface area contributed by atoms with Crippen LogP contribution in [-0.4, -0.2) is 35.8 Å². The first-order valence-electron chi connectivity index (χ1n) is 11.1. The van der Waals surface area contributed by atoms with Crippen molar-refractivity contribution in [3.63, 3.8) is 0 Å². The highest BCUT2D eigenvalue weighted by Crippen LogP contribution is 2.20. The molecule has 2 heterocycles. The van der Waals surface area contributed by atoms with Crippen molar-refractivity contribution in [2.75, 3.05) is 11.1 Å². The highest BCUT2D eigenvalue weighted by molar-refractivity contribution is 7.99. The molecule has 0 spiro atoms. The van der Waals surface area contributed by atoms with E-state index in [1.807, 2.05) is 62.5 Å². The predicted octanol–water partition coefficient (Wildman–Crippen LogP) is 3.54. The van der Waals surface area contributed by atoms with Crippen LogP contribution in [0, 0.1) is 20.8 Å². The quantitative estimate of drug-likeness (QED) is 0.378. The topological polar surface area (TPSA) is 96.0 Å². The lowest BCUT2D eigenvalue weighted by Gasteiger charge is -2.08. The Morgan fingerprint density at radius 3 is 2.49 bits per heavy atom. The smallest absolute Gasteiger partial charge is 0.295 e. The van der Waals surface area contributed by atoms with E-state index in [2.05, 4.69) is 22.4 Å². The molecule has 4 aromatic rings. The molecular weight excluding hydrogens is 464 g/mol. The molecule has 0 bridgehead atoms. The monoisotopic (exact) mass is 492 g/mol. The van der Waals surface area contributed by atoms with Crippen LogP contribution < -0.4 is 15.6 Å². The van der Waals surface area contributed by atoms with Gasteiger partial charge in [0, 0.05) is 14.1 Å². The summed E-state index contributed by atoms with van der Waals surface area (Å²) in [7, 11) is 3.62. The van der Waals surface area contributed by atoms with E-state index < -0.39 is 0 Å². The summed E-state index contributed by atoms with van der Waals surface area (Å²) in [4.78, 5) is 25.7. The van der Waals surface area contributed by atoms with Crippen LogP contribution in [0.4, 0.5) is 5.69 Å². The molecule has 0 saturated carbocycles. The van der Waals surface area contributed by atoms with Crippen molar-refractivity contribution in [3.8, 4) is 11.4 Å². The molecule has 182 valence electrons. The van der Waals surface area contributed by atoms with Gasteiger partial charge in [-0.05, 0) is 56.2 Å². The van der Waals surface area contributed by atoms with Crippen LogP contribution in [0.5, 0.6) is 5.75 Å². The van der Waals surface area contributed by atoms with Crippen molar-refractivity contribution < 1.29 is 9.53 Å². The highest BCUT2D eigenvalue weighted by atomic mass is 32.2. The van der Waals surface area contributed by atoms with Crippen LogP contribution in [0.15, 0.2) is 58.5 Å². The number of aryl methyl sites for hydroxylation is 2. The molecule has 0 unspecified atom stereocenters. The minimum Gasteiger partial charge on any atom is -0.486 e. The molecule has 0 aliphatic heterocycles. The van der Waals surface area contributed by atoms with Crippen molar-refractivity contribution in [2.24, 2.45) is 14.1 Å². The zero-order chi connectivity index (χ0) is 25.1. The maximum absolute atomic E-state index is 13.0. The maximum Gasteiger partial charge on any atom is 0.295 e. The number of benzene rings is 2. The second-order valence-corrected chi connectivity index (χ2v) is 9.21. The first kappa shape index (κ1) is 24.3. The first-order valence-corrected chi connectivity index (χ1v) is 12.1. The number of thioether (sulfide) groups is 1. The third-order valence-corrected chi connectivity index (χ3v) is 6.94. The van der Waals surface area contributed by atoms with Gasteiger partial charge in [-0.3, -0.25) is 14.3 Å². The summed E-state index contributed by atoms with van der Waals surface area (Å²) in [5.74, 6) is 1.21. The van der Waals surface area contributed by atoms with Gasteiger partial charge in [-0.1, -0.05) is 36.0 Å². The average Bonchev–Trinajstić information content (AvgIpc) is 3.30. The summed E-state index contributed by atoms with van der Waals surface area (Å²) in [5, 5.41) is 11.7. The summed E-state index contributed by atoms with van der Waals surface area (Å²) in [6.07, 6.45) is 0. The molecule has 4 rings (SSSR count). The molecule has 0 aliphatic carbocycles. The lowest BCUT2D eigenvalue weighted by molar-refractivity contribution is -0.113. The molecule has 1 amide bonds. The van der Waals surface area contributed by atoms with Gasteiger partial charge in [0.1, 0.15) is 18.0 Å². The number of aromatic nitrogens is 5. The molecule has 1 N–H and O–H groups in total. The number of carbonyl (C=O) groups excluding carboxylic acids is 1. The van der Waals surface area contributed by atoms with Gasteiger partial charge in [0.05, 0.1) is 17.1 Å². The van der Waals surface area contributed by atoms with Gasteiger partial charge in [-0.25, -0.2) is 4.68 Å². The van der Waals surface area contributed by atoms with E-state index in [1.54, 1.807) is 23.2 Å². The summed E-state index contributed by atoms with van der Waals surface area (Å²) in [6.45, 7) is 6.16. The molecule has 0 aliphatic rings. The van der Waals surface area contributed by atoms with E-state index >= 15 is 0 Å². The largest absolute Gasteiger partial charge is 0.486 e. The zero-order valence-electron chi connectivity index (χ0n) is 20.4. The minimum atomic E-state index is -0.294. The van der Waals surface area contributed by atoms with Gasteiger partial charge in [0.2, 0.25) is 5.91 Å². The second-order valence-electron chi connectivity index (χ2n) is 8.27. The fraction of sp³-hybridized carbons (Fsp3) is 0.280. The Hall–Kier alpha value is -3.79. The van der Waals surface area contributed by atoms with Gasteiger partial charge >= 0.3 is 0 Å². The molecule has 0 saturated heterocycles. The van der Waals surface area contributed by atoms with E-state index in [4.69, 9.17) is 4.74 Å². The van der Waals surface area contributed by atoms with Crippen molar-refractivity contribution in [2.45, 2.75) is 32.5 Å². The Labute approximate surface area is 207 Å². The lowest BCUT2D eigenvalue weighted by atomic mass is 10.1. The minimum absolute atomic E-state index is 0.0864. The van der Waals surface area contributed by atoms with E-state index in [0.717, 1.165) is 17.0 Å². The van der Waals surface area contributed by atoms with Crippen molar-refractivity contribution in [1.29, 1.82) is 0 Å². The van der Waals surface area contributed by atoms with E-state index in [-0.39, 0.29) is 29.5 Å². The number of nitrogens with zero attached hydrogens (tertiary/aromatic N) is 5. The molecule has 10 heteroatoms. The molecule has 35 heavy (non-hydrogen) atoms. The maximum atomic E-state index is 13.0. The molecule has 2 aromatic heterocycles. The van der Waals surface area contributed by atoms with E-state index in [0.29, 0.717) is 16.7 Å². The Morgan fingerprint density at radius 2 is 1.77 bits per heavy atom. The van der Waals surface area contributed by atoms with Crippen LogP contribution in [0.1, 0.15) is 22.6 Å². The number of nitrogens with one attached hydrogen (secondary N) is 1. The first-order chi connectivity index (χ1) is 16.8. The zero-order valence-corrected chi connectivity index (χ0v) is 21.2. The summed E-state index contributed by atoms with van der Waals surface area (Å²) < 4.78 is 10.9. The van der Waals surface area contributed by atoms with Gasteiger partial charge in [0.25, 0.3) is 5.56 Å². The number of hydrogen-bond acceptors (Lipinski definition) is 6. The molecule has 9 nitrogen and oxygen atoms in total. The second kappa shape index (κ2) is 10.2. The van der Waals surface area contributed by atoms with Crippen LogP contribution in [0.25, 0.3) is 5.69 Å². The summed E-state index contributed by atoms with van der Waals surface area (Å²) >= 11 is 1.25. The molecule has 2 aromatic carbocycles. The Morgan fingerprint density at radius 1 is 1.03 bits per heavy atom. The number of rotatable bonds is 8. The standard InChI is InChI=1S/C25H28N6O3S/c1-16-11-12-20(13-17(16)2)34-14-21-27-28-25(29(21)4)35-15-22(32)26-23-18(3)30(5)31(24(23)33)19-9-7-6-8-10-19/h6-13H,14-15H2,1-5H3,(H,26,32). The normalized spacial score (nSPS) is 11.0. The van der Waals surface area contributed by atoms with Crippen molar-refractivity contribution in [1.82, 2.24) is 24.1 Å². The number of hydrogen-bond donors (Lipinski definition) is 1. The number of anilines is 1. The molecule has 0 atom stereocenters. The third kappa shape index (κ3) is 5.17. The molecular formula is C25H28N6O3S. The highest BCUT2D eigenvalue weighted by Gasteiger charge is 2.19. The van der Waals surface area contributed by atoms with Crippen LogP contribution in [-0.2, 0) is 25.5 Å². The molecule has 0 radical (unpaired) electrons. The van der Waals surface area contributed by atoms with Crippen LogP contribution >= 0.6 is 11.8 Å². The number of amides is 1. The Balaban J connectivity index is 1.39. The fourth-order valence-electron chi connectivity index (χ4n) is 3.57. The van der Waals surface area contributed by atoms with Gasteiger partial charge in [-0.15, -0.1) is 10.2 Å². The summed E-state index contributed by atoms with van der Waals surface area (Å²) in [6, 6.07) is 15.2. The number of ether oxygens (including phenoxy) is 1. The van der Waals surface area contributed by atoms with E-state index in [1.165, 1.54) is 22.0 Å². The number of para-hydroxylation sites is 1. The SMILES string of the molecule is Cc1ccc(OCc2nnc(SCC(=O)Nc3c(C)n(C)n(-c4ccccc4)c3=O)n2C)cc1C. The van der Waals surface area contributed by atoms with Gasteiger partial charge < -0.3 is 14.6 Å². The van der Waals surface area contributed by atoms with Crippen LogP contribution in [0.2, 0.25) is 0 Å². The fourth-order valence-corrected chi connectivity index (χ4v) is 4.30. The summed E-state index contributed by atoms with van der Waals surface area (Å²) in [5.41, 5.74) is 3.75. The van der Waals surface area contributed by atoms with Gasteiger partial charge in [-0.2, -0.15) is 0 Å². The van der Waals surface area contributed by atoms with Gasteiger partial charge in [0.15, 0.2) is 11.0 Å². The van der Waals surface area contributed by atoms with Crippen molar-refractivity contribution in [3.05, 3.63) is 81.5 Å². The average molecular weight is 493 g/mol. The van der Waals surface area contributed by atoms with Crippen molar-refractivity contribution >= 4 is 23.4 Å². The van der Waals surface area contributed by atoms with E-state index in [9.17, 15) is 9.59 Å². The lowest BCUT2D eigenvalue weighted by Crippen LogP contribution is -2.23. The third-order valence-electron chi connectivity index (χ3n) is 5.92. The Kier molecular flexibility index (Phi) is 7.11.